The van der Waals surface area contributed by atoms with Crippen molar-refractivity contribution in [1.29, 1.82) is 0 Å². The average molecular weight is 299 g/mol. The SMILES string of the molecule is CCC(N)(CC)C(=O)Nc1ccc(OC(C)C)c(Cl)c1. The van der Waals surface area contributed by atoms with E-state index in [0.717, 1.165) is 0 Å². The molecule has 1 rings (SSSR count). The number of anilines is 1. The van der Waals surface area contributed by atoms with Crippen LogP contribution in [0.25, 0.3) is 0 Å². The maximum Gasteiger partial charge on any atom is 0.244 e. The lowest BCUT2D eigenvalue weighted by molar-refractivity contribution is -0.121. The molecule has 0 aromatic heterocycles. The first-order chi connectivity index (χ1) is 9.32. The second-order valence-electron chi connectivity index (χ2n) is 5.13. The number of nitrogens with one attached hydrogen (secondary N) is 1. The van der Waals surface area contributed by atoms with Crippen LogP contribution in [0.3, 0.4) is 0 Å². The van der Waals surface area contributed by atoms with Crippen molar-refractivity contribution in [2.24, 2.45) is 5.73 Å². The van der Waals surface area contributed by atoms with Gasteiger partial charge in [-0.15, -0.1) is 0 Å². The van der Waals surface area contributed by atoms with Gasteiger partial charge in [0, 0.05) is 5.69 Å². The lowest BCUT2D eigenvalue weighted by Gasteiger charge is -2.25. The third-order valence-corrected chi connectivity index (χ3v) is 3.56. The molecular weight excluding hydrogens is 276 g/mol. The van der Waals surface area contributed by atoms with Gasteiger partial charge in [0.2, 0.25) is 5.91 Å². The van der Waals surface area contributed by atoms with Crippen LogP contribution in [0.4, 0.5) is 5.69 Å². The zero-order chi connectivity index (χ0) is 15.3. The van der Waals surface area contributed by atoms with Crippen LogP contribution in [0, 0.1) is 0 Å². The molecule has 0 saturated carbocycles. The summed E-state index contributed by atoms with van der Waals surface area (Å²) >= 11 is 6.13. The van der Waals surface area contributed by atoms with E-state index in [1.807, 2.05) is 27.7 Å². The molecule has 1 amide bonds. The number of benzene rings is 1. The molecule has 0 atom stereocenters. The van der Waals surface area contributed by atoms with Crippen LogP contribution >= 0.6 is 11.6 Å². The Balaban J connectivity index is 2.84. The summed E-state index contributed by atoms with van der Waals surface area (Å²) in [6, 6.07) is 5.17. The van der Waals surface area contributed by atoms with E-state index >= 15 is 0 Å². The molecule has 0 fully saturated rings. The summed E-state index contributed by atoms with van der Waals surface area (Å²) in [7, 11) is 0. The predicted octanol–water partition coefficient (Wildman–Crippen LogP) is 3.58. The maximum atomic E-state index is 12.2. The first kappa shape index (κ1) is 16.8. The Labute approximate surface area is 125 Å². The molecule has 0 heterocycles. The number of halogens is 1. The highest BCUT2D eigenvalue weighted by Gasteiger charge is 2.29. The van der Waals surface area contributed by atoms with E-state index in [9.17, 15) is 4.79 Å². The Morgan fingerprint density at radius 1 is 1.40 bits per heavy atom. The van der Waals surface area contributed by atoms with Gasteiger partial charge in [-0.3, -0.25) is 4.79 Å². The van der Waals surface area contributed by atoms with Crippen molar-refractivity contribution in [3.63, 3.8) is 0 Å². The quantitative estimate of drug-likeness (QED) is 0.843. The maximum absolute atomic E-state index is 12.2. The summed E-state index contributed by atoms with van der Waals surface area (Å²) in [6.45, 7) is 7.65. The molecule has 0 aliphatic carbocycles. The lowest BCUT2D eigenvalue weighted by atomic mass is 9.93. The third kappa shape index (κ3) is 4.12. The highest BCUT2D eigenvalue weighted by molar-refractivity contribution is 6.32. The third-order valence-electron chi connectivity index (χ3n) is 3.27. The molecule has 0 radical (unpaired) electrons. The highest BCUT2D eigenvalue weighted by atomic mass is 35.5. The van der Waals surface area contributed by atoms with E-state index in [1.54, 1.807) is 18.2 Å². The number of carbonyl (C=O) groups is 1. The molecule has 1 aromatic rings. The molecule has 0 saturated heterocycles. The second kappa shape index (κ2) is 6.95. The zero-order valence-corrected chi connectivity index (χ0v) is 13.3. The summed E-state index contributed by atoms with van der Waals surface area (Å²) in [6.07, 6.45) is 1.21. The minimum absolute atomic E-state index is 0.0461. The van der Waals surface area contributed by atoms with E-state index in [0.29, 0.717) is 29.3 Å². The fourth-order valence-electron chi connectivity index (χ4n) is 1.75. The van der Waals surface area contributed by atoms with E-state index in [4.69, 9.17) is 22.1 Å². The number of carbonyl (C=O) groups excluding carboxylic acids is 1. The van der Waals surface area contributed by atoms with Crippen LogP contribution < -0.4 is 15.8 Å². The zero-order valence-electron chi connectivity index (χ0n) is 12.5. The number of nitrogens with two attached hydrogens (primary N) is 1. The van der Waals surface area contributed by atoms with E-state index < -0.39 is 5.54 Å². The first-order valence-corrected chi connectivity index (χ1v) is 7.26. The van der Waals surface area contributed by atoms with Gasteiger partial charge >= 0.3 is 0 Å². The molecule has 3 N–H and O–H groups in total. The van der Waals surface area contributed by atoms with Crippen molar-refractivity contribution < 1.29 is 9.53 Å². The molecule has 0 aliphatic rings. The van der Waals surface area contributed by atoms with E-state index in [1.165, 1.54) is 0 Å². The molecule has 0 bridgehead atoms. The average Bonchev–Trinajstić information content (AvgIpc) is 2.40. The topological polar surface area (TPSA) is 64.4 Å². The van der Waals surface area contributed by atoms with Crippen molar-refractivity contribution in [2.75, 3.05) is 5.32 Å². The van der Waals surface area contributed by atoms with Gasteiger partial charge in [-0.1, -0.05) is 25.4 Å². The Kier molecular flexibility index (Phi) is 5.84. The Morgan fingerprint density at radius 2 is 2.00 bits per heavy atom. The minimum Gasteiger partial charge on any atom is -0.489 e. The molecule has 20 heavy (non-hydrogen) atoms. The number of ether oxygens (including phenoxy) is 1. The molecule has 5 heteroatoms. The normalized spacial score (nSPS) is 11.6. The standard InChI is InChI=1S/C15H23ClN2O2/c1-5-15(17,6-2)14(19)18-11-7-8-13(12(16)9-11)20-10(3)4/h7-10H,5-6,17H2,1-4H3,(H,18,19). The van der Waals surface area contributed by atoms with E-state index in [-0.39, 0.29) is 12.0 Å². The number of hydrogen-bond donors (Lipinski definition) is 2. The molecule has 0 spiro atoms. The first-order valence-electron chi connectivity index (χ1n) is 6.89. The molecule has 0 aliphatic heterocycles. The van der Waals surface area contributed by atoms with Gasteiger partial charge in [-0.25, -0.2) is 0 Å². The van der Waals surface area contributed by atoms with Gasteiger partial charge in [0.05, 0.1) is 16.7 Å². The Morgan fingerprint density at radius 3 is 2.45 bits per heavy atom. The Bertz CT molecular complexity index is 471. The smallest absolute Gasteiger partial charge is 0.244 e. The lowest BCUT2D eigenvalue weighted by Crippen LogP contribution is -2.50. The monoisotopic (exact) mass is 298 g/mol. The van der Waals surface area contributed by atoms with Crippen molar-refractivity contribution in [3.05, 3.63) is 23.2 Å². The van der Waals surface area contributed by atoms with Gasteiger partial charge in [0.15, 0.2) is 0 Å². The number of rotatable bonds is 6. The Hall–Kier alpha value is -1.26. The van der Waals surface area contributed by atoms with Gasteiger partial charge in [0.1, 0.15) is 5.75 Å². The van der Waals surface area contributed by atoms with Crippen molar-refractivity contribution in [2.45, 2.75) is 52.2 Å². The van der Waals surface area contributed by atoms with Gasteiger partial charge < -0.3 is 15.8 Å². The van der Waals surface area contributed by atoms with Crippen LogP contribution in [0.1, 0.15) is 40.5 Å². The van der Waals surface area contributed by atoms with Crippen molar-refractivity contribution >= 4 is 23.2 Å². The van der Waals surface area contributed by atoms with Crippen LogP contribution in [-0.4, -0.2) is 17.6 Å². The molecule has 112 valence electrons. The van der Waals surface area contributed by atoms with Crippen LogP contribution in [0.5, 0.6) is 5.75 Å². The van der Waals surface area contributed by atoms with Crippen LogP contribution in [-0.2, 0) is 4.79 Å². The summed E-state index contributed by atoms with van der Waals surface area (Å²) in [5.74, 6) is 0.403. The van der Waals surface area contributed by atoms with Gasteiger partial charge in [-0.05, 0) is 44.9 Å². The van der Waals surface area contributed by atoms with Gasteiger partial charge in [0.25, 0.3) is 0 Å². The molecule has 1 aromatic carbocycles. The van der Waals surface area contributed by atoms with E-state index in [2.05, 4.69) is 5.32 Å². The van der Waals surface area contributed by atoms with Crippen LogP contribution in [0.15, 0.2) is 18.2 Å². The second-order valence-corrected chi connectivity index (χ2v) is 5.54. The molecular formula is C15H23ClN2O2. The summed E-state index contributed by atoms with van der Waals surface area (Å²) in [5.41, 5.74) is 5.82. The number of hydrogen-bond acceptors (Lipinski definition) is 3. The molecule has 0 unspecified atom stereocenters. The van der Waals surface area contributed by atoms with Gasteiger partial charge in [-0.2, -0.15) is 0 Å². The largest absolute Gasteiger partial charge is 0.489 e. The van der Waals surface area contributed by atoms with Crippen molar-refractivity contribution in [3.8, 4) is 5.75 Å². The highest BCUT2D eigenvalue weighted by Crippen LogP contribution is 2.29. The minimum atomic E-state index is -0.848. The van der Waals surface area contributed by atoms with Crippen molar-refractivity contribution in [1.82, 2.24) is 0 Å². The summed E-state index contributed by atoms with van der Waals surface area (Å²) < 4.78 is 5.55. The number of amides is 1. The summed E-state index contributed by atoms with van der Waals surface area (Å²) in [5, 5.41) is 3.27. The fraction of sp³-hybridized carbons (Fsp3) is 0.533. The molecule has 4 nitrogen and oxygen atoms in total. The fourth-order valence-corrected chi connectivity index (χ4v) is 1.98. The van der Waals surface area contributed by atoms with Crippen LogP contribution in [0.2, 0.25) is 5.02 Å². The predicted molar refractivity (Wildman–Crippen MR) is 83.3 cm³/mol. The summed E-state index contributed by atoms with van der Waals surface area (Å²) in [4.78, 5) is 12.2.